The van der Waals surface area contributed by atoms with Gasteiger partial charge in [-0.3, -0.25) is 5.10 Å². The molecule has 140 valence electrons. The lowest BCUT2D eigenvalue weighted by Gasteiger charge is -2.32. The molecule has 3 aromatic rings. The monoisotopic (exact) mass is 364 g/mol. The molecule has 2 aromatic heterocycles. The van der Waals surface area contributed by atoms with E-state index in [0.717, 1.165) is 72.6 Å². The topological polar surface area (TPSA) is 79.0 Å². The van der Waals surface area contributed by atoms with Crippen molar-refractivity contribution in [2.24, 2.45) is 5.92 Å². The molecule has 4 heterocycles. The molecule has 0 aliphatic carbocycles. The zero-order valence-electron chi connectivity index (χ0n) is 15.3. The fourth-order valence-electron chi connectivity index (χ4n) is 3.97. The van der Waals surface area contributed by atoms with Crippen LogP contribution in [0.25, 0.3) is 22.2 Å². The van der Waals surface area contributed by atoms with E-state index in [0.29, 0.717) is 0 Å². The summed E-state index contributed by atoms with van der Waals surface area (Å²) in [4.78, 5) is 12.0. The van der Waals surface area contributed by atoms with E-state index in [1.165, 1.54) is 19.3 Å². The minimum atomic E-state index is 0.761. The number of rotatable bonds is 4. The van der Waals surface area contributed by atoms with Crippen LogP contribution >= 0.6 is 0 Å². The van der Waals surface area contributed by atoms with Crippen LogP contribution in [0.4, 0.5) is 11.6 Å². The number of benzene rings is 1. The van der Waals surface area contributed by atoms with E-state index in [4.69, 9.17) is 9.72 Å². The summed E-state index contributed by atoms with van der Waals surface area (Å²) in [6, 6.07) is 6.22. The van der Waals surface area contributed by atoms with E-state index in [-0.39, 0.29) is 0 Å². The van der Waals surface area contributed by atoms with Crippen molar-refractivity contribution < 1.29 is 4.74 Å². The van der Waals surface area contributed by atoms with Crippen molar-refractivity contribution in [1.82, 2.24) is 20.2 Å². The van der Waals surface area contributed by atoms with Crippen LogP contribution in [0.15, 0.2) is 30.6 Å². The smallest absolute Gasteiger partial charge is 0.172 e. The number of anilines is 2. The van der Waals surface area contributed by atoms with Crippen LogP contribution in [0.2, 0.25) is 0 Å². The molecular formula is C20H24N6O. The summed E-state index contributed by atoms with van der Waals surface area (Å²) in [5.41, 5.74) is 3.00. The number of fused-ring (bicyclic) bond motifs is 2. The van der Waals surface area contributed by atoms with E-state index >= 15 is 0 Å². The highest BCUT2D eigenvalue weighted by Gasteiger charge is 2.22. The molecule has 0 unspecified atom stereocenters. The Labute approximate surface area is 158 Å². The van der Waals surface area contributed by atoms with Crippen LogP contribution < -0.4 is 10.2 Å². The summed E-state index contributed by atoms with van der Waals surface area (Å²) in [6.45, 7) is 4.72. The lowest BCUT2D eigenvalue weighted by molar-refractivity contribution is 0.0645. The summed E-state index contributed by atoms with van der Waals surface area (Å²) < 4.78 is 5.48. The first-order valence-electron chi connectivity index (χ1n) is 9.74. The Bertz CT molecular complexity index is 933. The quantitative estimate of drug-likeness (QED) is 0.741. The predicted molar refractivity (Wildman–Crippen MR) is 106 cm³/mol. The van der Waals surface area contributed by atoms with Crippen LogP contribution in [0, 0.1) is 5.92 Å². The molecule has 0 amide bonds. The van der Waals surface area contributed by atoms with Crippen molar-refractivity contribution in [3.8, 4) is 11.3 Å². The van der Waals surface area contributed by atoms with Gasteiger partial charge in [0.15, 0.2) is 11.6 Å². The van der Waals surface area contributed by atoms with Crippen molar-refractivity contribution in [1.29, 1.82) is 0 Å². The van der Waals surface area contributed by atoms with Gasteiger partial charge >= 0.3 is 0 Å². The van der Waals surface area contributed by atoms with Gasteiger partial charge in [-0.1, -0.05) is 6.07 Å². The van der Waals surface area contributed by atoms with E-state index in [1.54, 1.807) is 0 Å². The minimum absolute atomic E-state index is 0.761. The van der Waals surface area contributed by atoms with Crippen molar-refractivity contribution in [3.63, 3.8) is 0 Å². The molecule has 0 spiro atoms. The van der Waals surface area contributed by atoms with E-state index < -0.39 is 0 Å². The van der Waals surface area contributed by atoms with Gasteiger partial charge in [0, 0.05) is 43.8 Å². The lowest BCUT2D eigenvalue weighted by atomic mass is 9.96. The Morgan fingerprint density at radius 2 is 2.11 bits per heavy atom. The maximum absolute atomic E-state index is 5.48. The standard InChI is InChI=1S/C20H24N6O/c1-2-17-16(12-23-25-17)11-15(1)18-13-22-19-20(24-18)26(8-6-21-19)7-3-14-4-9-27-10-5-14/h1-2,11-14H,3-10H2,(H,21,22)(H,23,25). The summed E-state index contributed by atoms with van der Waals surface area (Å²) in [6.07, 6.45) is 7.24. The summed E-state index contributed by atoms with van der Waals surface area (Å²) in [5, 5.41) is 11.6. The van der Waals surface area contributed by atoms with Crippen LogP contribution in [0.5, 0.6) is 0 Å². The molecule has 0 radical (unpaired) electrons. The van der Waals surface area contributed by atoms with Crippen molar-refractivity contribution in [2.45, 2.75) is 19.3 Å². The van der Waals surface area contributed by atoms with Gasteiger partial charge < -0.3 is 15.0 Å². The van der Waals surface area contributed by atoms with Gasteiger partial charge in [0.25, 0.3) is 0 Å². The van der Waals surface area contributed by atoms with Gasteiger partial charge in [-0.25, -0.2) is 9.97 Å². The molecule has 1 aromatic carbocycles. The lowest BCUT2D eigenvalue weighted by Crippen LogP contribution is -2.37. The van der Waals surface area contributed by atoms with Gasteiger partial charge in [-0.15, -0.1) is 0 Å². The maximum atomic E-state index is 5.48. The molecule has 0 saturated carbocycles. The number of nitrogens with zero attached hydrogens (tertiary/aromatic N) is 4. The molecule has 1 fully saturated rings. The zero-order valence-corrected chi connectivity index (χ0v) is 15.3. The number of aromatic amines is 1. The molecule has 5 rings (SSSR count). The van der Waals surface area contributed by atoms with Gasteiger partial charge in [0.2, 0.25) is 0 Å². The first-order chi connectivity index (χ1) is 13.4. The fourth-order valence-corrected chi connectivity index (χ4v) is 3.97. The van der Waals surface area contributed by atoms with Gasteiger partial charge in [-0.05, 0) is 37.3 Å². The van der Waals surface area contributed by atoms with Gasteiger partial charge in [-0.2, -0.15) is 5.10 Å². The van der Waals surface area contributed by atoms with Crippen molar-refractivity contribution in [3.05, 3.63) is 30.6 Å². The molecule has 27 heavy (non-hydrogen) atoms. The molecule has 2 N–H and O–H groups in total. The average molecular weight is 364 g/mol. The summed E-state index contributed by atoms with van der Waals surface area (Å²) in [5.74, 6) is 2.62. The molecule has 0 atom stereocenters. The van der Waals surface area contributed by atoms with Crippen LogP contribution in [0.1, 0.15) is 19.3 Å². The van der Waals surface area contributed by atoms with Gasteiger partial charge in [0.05, 0.1) is 23.6 Å². The first kappa shape index (κ1) is 16.5. The molecule has 1 saturated heterocycles. The second-order valence-electron chi connectivity index (χ2n) is 7.36. The fraction of sp³-hybridized carbons (Fsp3) is 0.450. The largest absolute Gasteiger partial charge is 0.381 e. The highest BCUT2D eigenvalue weighted by atomic mass is 16.5. The highest BCUT2D eigenvalue weighted by Crippen LogP contribution is 2.30. The molecule has 7 heteroatoms. The third-order valence-electron chi connectivity index (χ3n) is 5.61. The first-order valence-corrected chi connectivity index (χ1v) is 9.74. The Hall–Kier alpha value is -2.67. The number of ether oxygens (including phenoxy) is 1. The third kappa shape index (κ3) is 3.35. The molecule has 2 aliphatic rings. The number of H-pyrrole nitrogens is 1. The van der Waals surface area contributed by atoms with Crippen LogP contribution in [-0.2, 0) is 4.74 Å². The van der Waals surface area contributed by atoms with Crippen molar-refractivity contribution in [2.75, 3.05) is 43.1 Å². The summed E-state index contributed by atoms with van der Waals surface area (Å²) >= 11 is 0. The normalized spacial score (nSPS) is 17.7. The number of aromatic nitrogens is 4. The Kier molecular flexibility index (Phi) is 4.37. The molecule has 0 bridgehead atoms. The minimum Gasteiger partial charge on any atom is -0.381 e. The maximum Gasteiger partial charge on any atom is 0.172 e. The summed E-state index contributed by atoms with van der Waals surface area (Å²) in [7, 11) is 0. The average Bonchev–Trinajstić information content (AvgIpc) is 3.20. The van der Waals surface area contributed by atoms with E-state index in [2.05, 4.69) is 37.5 Å². The third-order valence-corrected chi connectivity index (χ3v) is 5.61. The van der Waals surface area contributed by atoms with Crippen LogP contribution in [0.3, 0.4) is 0 Å². The van der Waals surface area contributed by atoms with E-state index in [9.17, 15) is 0 Å². The Balaban J connectivity index is 1.39. The molecule has 7 nitrogen and oxygen atoms in total. The van der Waals surface area contributed by atoms with E-state index in [1.807, 2.05) is 18.5 Å². The second kappa shape index (κ2) is 7.15. The number of hydrogen-bond acceptors (Lipinski definition) is 6. The highest BCUT2D eigenvalue weighted by molar-refractivity contribution is 5.83. The Morgan fingerprint density at radius 3 is 3.04 bits per heavy atom. The van der Waals surface area contributed by atoms with Crippen LogP contribution in [-0.4, -0.2) is 53.0 Å². The Morgan fingerprint density at radius 1 is 1.19 bits per heavy atom. The van der Waals surface area contributed by atoms with Gasteiger partial charge in [0.1, 0.15) is 0 Å². The number of nitrogens with one attached hydrogen (secondary N) is 2. The molecular weight excluding hydrogens is 340 g/mol. The molecule has 2 aliphatic heterocycles. The second-order valence-corrected chi connectivity index (χ2v) is 7.36. The number of hydrogen-bond donors (Lipinski definition) is 2. The van der Waals surface area contributed by atoms with Crippen molar-refractivity contribution >= 4 is 22.5 Å². The predicted octanol–water partition coefficient (Wildman–Crippen LogP) is 3.07. The SMILES string of the molecule is c1cc2[nH]ncc2cc1-c1cnc2c(n1)N(CCC1CCOCC1)CCN2. The zero-order chi connectivity index (χ0) is 18.1.